The van der Waals surface area contributed by atoms with Crippen LogP contribution < -0.4 is 0 Å². The van der Waals surface area contributed by atoms with Crippen LogP contribution in [0.3, 0.4) is 0 Å². The third kappa shape index (κ3) is 4.78. The molecule has 1 amide bonds. The van der Waals surface area contributed by atoms with Crippen molar-refractivity contribution in [3.05, 3.63) is 34.9 Å². The fourth-order valence-electron chi connectivity index (χ4n) is 3.90. The molecule has 1 aliphatic rings. The Morgan fingerprint density at radius 3 is 1.96 bits per heavy atom. The van der Waals surface area contributed by atoms with Crippen LogP contribution in [0.5, 0.6) is 0 Å². The van der Waals surface area contributed by atoms with Crippen molar-refractivity contribution in [1.29, 1.82) is 0 Å². The standard InChI is InChI=1S/C22H34ClNO/c1-20(2,3)16-24(21(4,5)6)19(25)22(14-8-7-9-15-22)17-10-12-18(23)13-11-17/h10-13H,7-9,14-16H2,1-6H3. The number of halogens is 1. The zero-order valence-corrected chi connectivity index (χ0v) is 17.5. The number of carbonyl (C=O) groups is 1. The molecule has 0 aliphatic heterocycles. The second kappa shape index (κ2) is 7.31. The van der Waals surface area contributed by atoms with E-state index in [0.29, 0.717) is 0 Å². The first kappa shape index (κ1) is 20.3. The number of benzene rings is 1. The Morgan fingerprint density at radius 1 is 1.00 bits per heavy atom. The largest absolute Gasteiger partial charge is 0.337 e. The maximum atomic E-state index is 13.9. The SMILES string of the molecule is CC(C)(C)CN(C(=O)C1(c2ccc(Cl)cc2)CCCCC1)C(C)(C)C. The smallest absolute Gasteiger partial charge is 0.233 e. The molecule has 0 aromatic heterocycles. The lowest BCUT2D eigenvalue weighted by molar-refractivity contribution is -0.145. The van der Waals surface area contributed by atoms with Crippen LogP contribution in [-0.4, -0.2) is 22.9 Å². The Hall–Kier alpha value is -1.02. The summed E-state index contributed by atoms with van der Waals surface area (Å²) in [6, 6.07) is 7.96. The van der Waals surface area contributed by atoms with Gasteiger partial charge in [-0.3, -0.25) is 4.79 Å². The Morgan fingerprint density at radius 2 is 1.52 bits per heavy atom. The molecule has 0 N–H and O–H groups in total. The van der Waals surface area contributed by atoms with E-state index in [0.717, 1.165) is 42.8 Å². The summed E-state index contributed by atoms with van der Waals surface area (Å²) < 4.78 is 0. The van der Waals surface area contributed by atoms with Gasteiger partial charge in [-0.15, -0.1) is 0 Å². The van der Waals surface area contributed by atoms with Gasteiger partial charge in [-0.25, -0.2) is 0 Å². The van der Waals surface area contributed by atoms with E-state index in [-0.39, 0.29) is 16.9 Å². The Labute approximate surface area is 158 Å². The predicted octanol–water partition coefficient (Wildman–Crippen LogP) is 6.22. The van der Waals surface area contributed by atoms with Gasteiger partial charge in [0.25, 0.3) is 0 Å². The molecule has 0 atom stereocenters. The Balaban J connectivity index is 2.48. The molecule has 3 heteroatoms. The lowest BCUT2D eigenvalue weighted by Gasteiger charge is -2.47. The van der Waals surface area contributed by atoms with Gasteiger partial charge in [-0.2, -0.15) is 0 Å². The first-order chi connectivity index (χ1) is 11.5. The molecule has 0 saturated heterocycles. The van der Waals surface area contributed by atoms with E-state index in [2.05, 4.69) is 58.6 Å². The van der Waals surface area contributed by atoms with Gasteiger partial charge in [0.1, 0.15) is 0 Å². The van der Waals surface area contributed by atoms with E-state index in [4.69, 9.17) is 11.6 Å². The van der Waals surface area contributed by atoms with E-state index in [1.807, 2.05) is 12.1 Å². The summed E-state index contributed by atoms with van der Waals surface area (Å²) in [5, 5.41) is 0.726. The molecular weight excluding hydrogens is 330 g/mol. The molecule has 0 radical (unpaired) electrons. The van der Waals surface area contributed by atoms with Crippen LogP contribution >= 0.6 is 11.6 Å². The van der Waals surface area contributed by atoms with Crippen molar-refractivity contribution in [2.45, 2.75) is 84.6 Å². The monoisotopic (exact) mass is 363 g/mol. The summed E-state index contributed by atoms with van der Waals surface area (Å²) in [6.45, 7) is 13.8. The fourth-order valence-corrected chi connectivity index (χ4v) is 4.02. The molecule has 1 aliphatic carbocycles. The van der Waals surface area contributed by atoms with E-state index in [1.165, 1.54) is 6.42 Å². The third-order valence-corrected chi connectivity index (χ3v) is 5.45. The average Bonchev–Trinajstić information content (AvgIpc) is 2.51. The summed E-state index contributed by atoms with van der Waals surface area (Å²) in [4.78, 5) is 16.0. The molecule has 1 aromatic carbocycles. The van der Waals surface area contributed by atoms with Gasteiger partial charge in [0, 0.05) is 17.1 Å². The molecule has 0 heterocycles. The van der Waals surface area contributed by atoms with Crippen molar-refractivity contribution in [2.75, 3.05) is 6.54 Å². The summed E-state index contributed by atoms with van der Waals surface area (Å²) in [7, 11) is 0. The van der Waals surface area contributed by atoms with Crippen molar-refractivity contribution in [3.8, 4) is 0 Å². The zero-order valence-electron chi connectivity index (χ0n) is 16.8. The minimum absolute atomic E-state index is 0.0682. The number of rotatable bonds is 3. The highest BCUT2D eigenvalue weighted by molar-refractivity contribution is 6.30. The molecular formula is C22H34ClNO. The van der Waals surface area contributed by atoms with Crippen molar-refractivity contribution in [2.24, 2.45) is 5.41 Å². The lowest BCUT2D eigenvalue weighted by atomic mass is 9.67. The second-order valence-electron chi connectivity index (χ2n) is 9.77. The van der Waals surface area contributed by atoms with Crippen molar-refractivity contribution in [1.82, 2.24) is 4.90 Å². The highest BCUT2D eigenvalue weighted by atomic mass is 35.5. The topological polar surface area (TPSA) is 20.3 Å². The zero-order chi connectivity index (χ0) is 18.9. The minimum Gasteiger partial charge on any atom is -0.337 e. The summed E-state index contributed by atoms with van der Waals surface area (Å²) >= 11 is 6.10. The molecule has 2 rings (SSSR count). The lowest BCUT2D eigenvalue weighted by Crippen LogP contribution is -2.57. The number of nitrogens with zero attached hydrogens (tertiary/aromatic N) is 1. The van der Waals surface area contributed by atoms with Crippen LogP contribution in [0.1, 0.15) is 79.2 Å². The summed E-state index contributed by atoms with van der Waals surface area (Å²) in [5.41, 5.74) is 0.603. The molecule has 0 bridgehead atoms. The van der Waals surface area contributed by atoms with E-state index in [9.17, 15) is 4.79 Å². The number of carbonyl (C=O) groups excluding carboxylic acids is 1. The van der Waals surface area contributed by atoms with Gasteiger partial charge in [-0.05, 0) is 56.7 Å². The van der Waals surface area contributed by atoms with Gasteiger partial charge in [0.05, 0.1) is 5.41 Å². The molecule has 0 unspecified atom stereocenters. The van der Waals surface area contributed by atoms with Crippen LogP contribution in [0.4, 0.5) is 0 Å². The first-order valence-electron chi connectivity index (χ1n) is 9.54. The molecule has 25 heavy (non-hydrogen) atoms. The van der Waals surface area contributed by atoms with Crippen molar-refractivity contribution in [3.63, 3.8) is 0 Å². The van der Waals surface area contributed by atoms with Crippen molar-refractivity contribution >= 4 is 17.5 Å². The fraction of sp³-hybridized carbons (Fsp3) is 0.682. The van der Waals surface area contributed by atoms with Gasteiger partial charge in [0.15, 0.2) is 0 Å². The summed E-state index contributed by atoms with van der Waals surface area (Å²) in [6.07, 6.45) is 5.31. The quantitative estimate of drug-likeness (QED) is 0.624. The van der Waals surface area contributed by atoms with E-state index in [1.54, 1.807) is 0 Å². The predicted molar refractivity (Wildman–Crippen MR) is 107 cm³/mol. The molecule has 140 valence electrons. The van der Waals surface area contributed by atoms with Crippen LogP contribution in [0, 0.1) is 5.41 Å². The van der Waals surface area contributed by atoms with Crippen LogP contribution in [0.15, 0.2) is 24.3 Å². The first-order valence-corrected chi connectivity index (χ1v) is 9.92. The van der Waals surface area contributed by atoms with Gasteiger partial charge < -0.3 is 4.90 Å². The molecule has 1 fully saturated rings. The highest BCUT2D eigenvalue weighted by Gasteiger charge is 2.46. The van der Waals surface area contributed by atoms with Crippen LogP contribution in [-0.2, 0) is 10.2 Å². The average molecular weight is 364 g/mol. The van der Waals surface area contributed by atoms with E-state index < -0.39 is 5.41 Å². The molecule has 1 aromatic rings. The number of hydrogen-bond acceptors (Lipinski definition) is 1. The second-order valence-corrected chi connectivity index (χ2v) is 10.2. The van der Waals surface area contributed by atoms with Gasteiger partial charge >= 0.3 is 0 Å². The minimum atomic E-state index is -0.401. The maximum Gasteiger partial charge on any atom is 0.233 e. The number of amides is 1. The number of hydrogen-bond donors (Lipinski definition) is 0. The molecule has 2 nitrogen and oxygen atoms in total. The normalized spacial score (nSPS) is 18.0. The third-order valence-electron chi connectivity index (χ3n) is 5.20. The maximum absolute atomic E-state index is 13.9. The van der Waals surface area contributed by atoms with Crippen LogP contribution in [0.25, 0.3) is 0 Å². The van der Waals surface area contributed by atoms with Crippen molar-refractivity contribution < 1.29 is 4.79 Å². The summed E-state index contributed by atoms with van der Waals surface area (Å²) in [5.74, 6) is 0.289. The molecule has 0 spiro atoms. The van der Waals surface area contributed by atoms with Crippen LogP contribution in [0.2, 0.25) is 5.02 Å². The Bertz CT molecular complexity index is 586. The van der Waals surface area contributed by atoms with Gasteiger partial charge in [0.2, 0.25) is 5.91 Å². The van der Waals surface area contributed by atoms with Gasteiger partial charge in [-0.1, -0.05) is 63.8 Å². The Kier molecular flexibility index (Phi) is 5.93. The highest BCUT2D eigenvalue weighted by Crippen LogP contribution is 2.43. The molecule has 1 saturated carbocycles. The van der Waals surface area contributed by atoms with E-state index >= 15 is 0 Å².